The minimum absolute atomic E-state index is 0.324. The number of hydrazine groups is 1. The zero-order valence-electron chi connectivity index (χ0n) is 10.8. The lowest BCUT2D eigenvalue weighted by Crippen LogP contribution is -2.25. The average Bonchev–Trinajstić information content (AvgIpc) is 2.98. The van der Waals surface area contributed by atoms with E-state index in [1.807, 2.05) is 11.9 Å². The number of anilines is 2. The Kier molecular flexibility index (Phi) is 4.53. The maximum atomic E-state index is 5.39. The highest BCUT2D eigenvalue weighted by molar-refractivity contribution is 7.98. The molecule has 0 fully saturated rings. The van der Waals surface area contributed by atoms with Gasteiger partial charge in [-0.15, -0.1) is 0 Å². The predicted octanol–water partition coefficient (Wildman–Crippen LogP) is 0.142. The first-order chi connectivity index (χ1) is 9.24. The number of nitrogens with zero attached hydrogens (tertiary/aromatic N) is 6. The van der Waals surface area contributed by atoms with Crippen molar-refractivity contribution < 1.29 is 0 Å². The summed E-state index contributed by atoms with van der Waals surface area (Å²) >= 11 is 1.77. The predicted molar refractivity (Wildman–Crippen MR) is 76.4 cm³/mol. The minimum Gasteiger partial charge on any atom is -0.343 e. The molecule has 0 aliphatic heterocycles. The zero-order chi connectivity index (χ0) is 13.7. The Morgan fingerprint density at radius 2 is 2.26 bits per heavy atom. The number of nitrogen functional groups attached to an aromatic ring is 1. The Balaban J connectivity index is 2.31. The van der Waals surface area contributed by atoms with Crippen molar-refractivity contribution >= 4 is 23.7 Å². The molecule has 0 aliphatic rings. The van der Waals surface area contributed by atoms with Crippen molar-refractivity contribution in [3.8, 4) is 5.95 Å². The van der Waals surface area contributed by atoms with Crippen LogP contribution >= 0.6 is 11.8 Å². The van der Waals surface area contributed by atoms with Crippen molar-refractivity contribution in [2.75, 3.05) is 35.9 Å². The van der Waals surface area contributed by atoms with Crippen LogP contribution in [0.2, 0.25) is 0 Å². The molecule has 0 aromatic carbocycles. The smallest absolute Gasteiger partial charge is 0.243 e. The van der Waals surface area contributed by atoms with Gasteiger partial charge in [-0.3, -0.25) is 9.99 Å². The van der Waals surface area contributed by atoms with Gasteiger partial charge < -0.3 is 4.90 Å². The molecule has 0 bridgehead atoms. The summed E-state index contributed by atoms with van der Waals surface area (Å²) in [6.45, 7) is 0.846. The van der Waals surface area contributed by atoms with E-state index >= 15 is 0 Å². The summed E-state index contributed by atoms with van der Waals surface area (Å²) in [4.78, 5) is 18.8. The number of nitrogens with one attached hydrogen (secondary N) is 1. The number of nitrogens with two attached hydrogens (primary N) is 1. The van der Waals surface area contributed by atoms with Gasteiger partial charge in [0.1, 0.15) is 6.33 Å². The number of thioether (sulfide) groups is 1. The highest BCUT2D eigenvalue weighted by atomic mass is 32.2. The van der Waals surface area contributed by atoms with Crippen molar-refractivity contribution in [2.45, 2.75) is 0 Å². The van der Waals surface area contributed by atoms with Crippen LogP contribution in [0.3, 0.4) is 0 Å². The van der Waals surface area contributed by atoms with Crippen LogP contribution in [0.15, 0.2) is 18.7 Å². The molecule has 0 saturated carbocycles. The van der Waals surface area contributed by atoms with Gasteiger partial charge in [0.25, 0.3) is 0 Å². The molecule has 2 heterocycles. The van der Waals surface area contributed by atoms with E-state index in [4.69, 9.17) is 5.84 Å². The Morgan fingerprint density at radius 1 is 1.42 bits per heavy atom. The second-order valence-electron chi connectivity index (χ2n) is 3.79. The van der Waals surface area contributed by atoms with Gasteiger partial charge in [0.05, 0.1) is 0 Å². The average molecular weight is 280 g/mol. The number of hydrogen-bond donors (Lipinski definition) is 2. The van der Waals surface area contributed by atoms with Gasteiger partial charge in [0, 0.05) is 31.7 Å². The van der Waals surface area contributed by atoms with Crippen molar-refractivity contribution in [2.24, 2.45) is 5.84 Å². The van der Waals surface area contributed by atoms with Gasteiger partial charge in [-0.1, -0.05) is 0 Å². The van der Waals surface area contributed by atoms with E-state index in [-0.39, 0.29) is 0 Å². The molecule has 19 heavy (non-hydrogen) atoms. The summed E-state index contributed by atoms with van der Waals surface area (Å²) in [7, 11) is 1.93. The fraction of sp³-hybridized carbons (Fsp3) is 0.400. The summed E-state index contributed by atoms with van der Waals surface area (Å²) in [6, 6.07) is 0. The van der Waals surface area contributed by atoms with Gasteiger partial charge in [-0.05, 0) is 6.26 Å². The summed E-state index contributed by atoms with van der Waals surface area (Å²) in [5.74, 6) is 7.76. The van der Waals surface area contributed by atoms with Crippen molar-refractivity contribution in [3.63, 3.8) is 0 Å². The normalized spacial score (nSPS) is 10.5. The Labute approximate surface area is 115 Å². The third-order valence-electron chi connectivity index (χ3n) is 2.45. The molecule has 2 aromatic rings. The molecule has 0 spiro atoms. The van der Waals surface area contributed by atoms with Crippen LogP contribution in [-0.2, 0) is 0 Å². The minimum atomic E-state index is 0.324. The lowest BCUT2D eigenvalue weighted by atomic mass is 10.6. The molecule has 0 radical (unpaired) electrons. The molecular formula is C10H16N8S. The maximum Gasteiger partial charge on any atom is 0.243 e. The quantitative estimate of drug-likeness (QED) is 0.569. The van der Waals surface area contributed by atoms with E-state index < -0.39 is 0 Å². The molecule has 0 aliphatic carbocycles. The fourth-order valence-electron chi connectivity index (χ4n) is 1.41. The van der Waals surface area contributed by atoms with Crippen molar-refractivity contribution in [1.82, 2.24) is 24.5 Å². The Hall–Kier alpha value is -1.87. The number of rotatable bonds is 6. The third-order valence-corrected chi connectivity index (χ3v) is 3.04. The first-order valence-electron chi connectivity index (χ1n) is 5.65. The van der Waals surface area contributed by atoms with Gasteiger partial charge in [-0.25, -0.2) is 10.8 Å². The first-order valence-corrected chi connectivity index (χ1v) is 7.05. The molecule has 2 rings (SSSR count). The first kappa shape index (κ1) is 13.6. The van der Waals surface area contributed by atoms with E-state index in [0.29, 0.717) is 17.8 Å². The molecule has 8 nitrogen and oxygen atoms in total. The number of imidazole rings is 1. The second-order valence-corrected chi connectivity index (χ2v) is 4.77. The lowest BCUT2D eigenvalue weighted by Gasteiger charge is -2.17. The standard InChI is InChI=1S/C10H16N8S/c1-17(5-6-19-2)9-13-8(16-11)14-10(15-9)18-4-3-12-7-18/h3-4,7H,5-6,11H2,1-2H3,(H,13,14,15,16). The van der Waals surface area contributed by atoms with Gasteiger partial charge >= 0.3 is 0 Å². The third kappa shape index (κ3) is 3.32. The van der Waals surface area contributed by atoms with E-state index in [1.165, 1.54) is 0 Å². The fourth-order valence-corrected chi connectivity index (χ4v) is 1.87. The molecule has 0 unspecified atom stereocenters. The zero-order valence-corrected chi connectivity index (χ0v) is 11.6. The van der Waals surface area contributed by atoms with Gasteiger partial charge in [-0.2, -0.15) is 26.7 Å². The van der Waals surface area contributed by atoms with Crippen LogP contribution in [0.25, 0.3) is 5.95 Å². The topological polar surface area (TPSA) is 97.8 Å². The van der Waals surface area contributed by atoms with E-state index in [0.717, 1.165) is 12.3 Å². The number of hydrogen-bond acceptors (Lipinski definition) is 8. The van der Waals surface area contributed by atoms with Crippen LogP contribution in [0, 0.1) is 0 Å². The van der Waals surface area contributed by atoms with Crippen LogP contribution in [0.5, 0.6) is 0 Å². The summed E-state index contributed by atoms with van der Waals surface area (Å²) in [6.07, 6.45) is 7.12. The van der Waals surface area contributed by atoms with Crippen molar-refractivity contribution in [1.29, 1.82) is 0 Å². The maximum absolute atomic E-state index is 5.39. The molecular weight excluding hydrogens is 264 g/mol. The second kappa shape index (κ2) is 6.34. The molecule has 2 aromatic heterocycles. The summed E-state index contributed by atoms with van der Waals surface area (Å²) in [5, 5.41) is 0. The van der Waals surface area contributed by atoms with Crippen LogP contribution in [0.4, 0.5) is 11.9 Å². The molecule has 9 heteroatoms. The molecule has 0 saturated heterocycles. The van der Waals surface area contributed by atoms with Crippen molar-refractivity contribution in [3.05, 3.63) is 18.7 Å². The van der Waals surface area contributed by atoms with E-state index in [2.05, 4.69) is 31.6 Å². The van der Waals surface area contributed by atoms with Gasteiger partial charge in [0.15, 0.2) is 0 Å². The van der Waals surface area contributed by atoms with E-state index in [9.17, 15) is 0 Å². The monoisotopic (exact) mass is 280 g/mol. The molecule has 102 valence electrons. The lowest BCUT2D eigenvalue weighted by molar-refractivity contribution is 0.843. The number of aromatic nitrogens is 5. The highest BCUT2D eigenvalue weighted by Crippen LogP contribution is 2.12. The molecule has 0 atom stereocenters. The largest absolute Gasteiger partial charge is 0.343 e. The Morgan fingerprint density at radius 3 is 2.89 bits per heavy atom. The van der Waals surface area contributed by atoms with Crippen LogP contribution in [0.1, 0.15) is 0 Å². The molecule has 0 amide bonds. The van der Waals surface area contributed by atoms with E-state index in [1.54, 1.807) is 35.0 Å². The SMILES string of the molecule is CSCCN(C)c1nc(NN)nc(-n2ccnc2)n1. The highest BCUT2D eigenvalue weighted by Gasteiger charge is 2.10. The van der Waals surface area contributed by atoms with Crippen LogP contribution < -0.4 is 16.2 Å². The van der Waals surface area contributed by atoms with Crippen LogP contribution in [-0.4, -0.2) is 50.1 Å². The molecule has 3 N–H and O–H groups in total. The summed E-state index contributed by atoms with van der Waals surface area (Å²) < 4.78 is 1.70. The summed E-state index contributed by atoms with van der Waals surface area (Å²) in [5.41, 5.74) is 2.45. The Bertz CT molecular complexity index is 514. The van der Waals surface area contributed by atoms with Gasteiger partial charge in [0.2, 0.25) is 17.8 Å².